The summed E-state index contributed by atoms with van der Waals surface area (Å²) in [6.07, 6.45) is 3.25. The number of rotatable bonds is 7. The Kier molecular flexibility index (Phi) is 6.33. The van der Waals surface area contributed by atoms with E-state index >= 15 is 0 Å². The van der Waals surface area contributed by atoms with E-state index in [4.69, 9.17) is 0 Å². The number of nitrogens with zero attached hydrogens (tertiary/aromatic N) is 4. The maximum Gasteiger partial charge on any atom is 0.231 e. The van der Waals surface area contributed by atoms with Gasteiger partial charge in [-0.15, -0.1) is 10.2 Å². The maximum absolute atomic E-state index is 14.4. The Bertz CT molecular complexity index is 1100. The summed E-state index contributed by atoms with van der Waals surface area (Å²) >= 11 is 1.23. The molecule has 0 atom stereocenters. The first-order valence-corrected chi connectivity index (χ1v) is 11.2. The largest absolute Gasteiger partial charge is 0.337 e. The van der Waals surface area contributed by atoms with Gasteiger partial charge in [0.2, 0.25) is 5.91 Å². The summed E-state index contributed by atoms with van der Waals surface area (Å²) in [6.45, 7) is 0.448. The van der Waals surface area contributed by atoms with Crippen LogP contribution in [0.25, 0.3) is 11.4 Å². The van der Waals surface area contributed by atoms with Crippen LogP contribution in [0.5, 0.6) is 0 Å². The molecule has 0 radical (unpaired) electrons. The van der Waals surface area contributed by atoms with Gasteiger partial charge in [0.15, 0.2) is 11.0 Å². The zero-order valence-corrected chi connectivity index (χ0v) is 17.7. The van der Waals surface area contributed by atoms with Crippen LogP contribution >= 0.6 is 11.8 Å². The summed E-state index contributed by atoms with van der Waals surface area (Å²) < 4.78 is 16.3. The van der Waals surface area contributed by atoms with Gasteiger partial charge in [0, 0.05) is 0 Å². The predicted octanol–water partition coefficient (Wildman–Crippen LogP) is 4.18. The van der Waals surface area contributed by atoms with Gasteiger partial charge in [-0.1, -0.05) is 54.2 Å². The van der Waals surface area contributed by atoms with E-state index in [-0.39, 0.29) is 17.5 Å². The Morgan fingerprint density at radius 1 is 1.13 bits per heavy atom. The van der Waals surface area contributed by atoms with Crippen molar-refractivity contribution < 1.29 is 9.18 Å². The third-order valence-corrected chi connectivity index (χ3v) is 6.36. The van der Waals surface area contributed by atoms with Gasteiger partial charge in [0.05, 0.1) is 23.9 Å². The summed E-state index contributed by atoms with van der Waals surface area (Å²) in [6, 6.07) is 18.5. The first-order valence-electron chi connectivity index (χ1n) is 10.2. The number of amides is 1. The second kappa shape index (κ2) is 9.31. The summed E-state index contributed by atoms with van der Waals surface area (Å²) in [5, 5.41) is 21.4. The van der Waals surface area contributed by atoms with Crippen LogP contribution in [0, 0.1) is 17.1 Å². The Morgan fingerprint density at radius 2 is 1.84 bits per heavy atom. The van der Waals surface area contributed by atoms with E-state index in [9.17, 15) is 14.4 Å². The number of nitriles is 1. The summed E-state index contributed by atoms with van der Waals surface area (Å²) in [5.74, 6) is -0.0758. The Hall–Kier alpha value is -3.18. The number of carbonyl (C=O) groups excluding carboxylic acids is 1. The fraction of sp³-hybridized carbons (Fsp3) is 0.304. The van der Waals surface area contributed by atoms with Crippen LogP contribution in [0.3, 0.4) is 0 Å². The van der Waals surface area contributed by atoms with E-state index in [0.29, 0.717) is 35.9 Å². The molecule has 1 aliphatic rings. The van der Waals surface area contributed by atoms with Gasteiger partial charge in [-0.25, -0.2) is 4.39 Å². The lowest BCUT2D eigenvalue weighted by atomic mass is 10.0. The van der Waals surface area contributed by atoms with Crippen LogP contribution in [0.2, 0.25) is 0 Å². The predicted molar refractivity (Wildman–Crippen MR) is 117 cm³/mol. The van der Waals surface area contributed by atoms with Gasteiger partial charge < -0.3 is 5.32 Å². The SMILES string of the molecule is N#CC1(NC(=O)CSc2nnc(-c3ccccc3F)n2Cc2ccccc2)CCCC1. The molecule has 158 valence electrons. The van der Waals surface area contributed by atoms with E-state index in [0.717, 1.165) is 18.4 Å². The molecule has 1 aromatic heterocycles. The highest BCUT2D eigenvalue weighted by molar-refractivity contribution is 7.99. The average Bonchev–Trinajstić information content (AvgIpc) is 3.41. The summed E-state index contributed by atoms with van der Waals surface area (Å²) in [7, 11) is 0. The van der Waals surface area contributed by atoms with Gasteiger partial charge in [-0.05, 0) is 43.4 Å². The fourth-order valence-corrected chi connectivity index (χ4v) is 4.56. The van der Waals surface area contributed by atoms with Crippen LogP contribution < -0.4 is 5.32 Å². The first-order chi connectivity index (χ1) is 15.1. The number of thioether (sulfide) groups is 1. The maximum atomic E-state index is 14.4. The summed E-state index contributed by atoms with van der Waals surface area (Å²) in [5.41, 5.74) is 0.616. The van der Waals surface area contributed by atoms with Crippen LogP contribution in [-0.2, 0) is 11.3 Å². The Morgan fingerprint density at radius 3 is 2.55 bits per heavy atom. The van der Waals surface area contributed by atoms with E-state index in [1.807, 2.05) is 34.9 Å². The van der Waals surface area contributed by atoms with E-state index in [1.54, 1.807) is 18.2 Å². The average molecular weight is 436 g/mol. The highest BCUT2D eigenvalue weighted by atomic mass is 32.2. The van der Waals surface area contributed by atoms with E-state index in [2.05, 4.69) is 21.6 Å². The van der Waals surface area contributed by atoms with Crippen LogP contribution in [-0.4, -0.2) is 32.0 Å². The molecule has 0 saturated heterocycles. The minimum Gasteiger partial charge on any atom is -0.337 e. The highest BCUT2D eigenvalue weighted by Gasteiger charge is 2.35. The molecule has 1 N–H and O–H groups in total. The van der Waals surface area contributed by atoms with Gasteiger partial charge in [0.25, 0.3) is 0 Å². The third-order valence-electron chi connectivity index (χ3n) is 5.40. The van der Waals surface area contributed by atoms with Crippen LogP contribution in [0.15, 0.2) is 59.8 Å². The Balaban J connectivity index is 1.56. The quantitative estimate of drug-likeness (QED) is 0.563. The molecular weight excluding hydrogens is 413 g/mol. The molecule has 0 unspecified atom stereocenters. The zero-order chi connectivity index (χ0) is 21.7. The van der Waals surface area contributed by atoms with Crippen molar-refractivity contribution in [2.75, 3.05) is 5.75 Å². The highest BCUT2D eigenvalue weighted by Crippen LogP contribution is 2.30. The molecular formula is C23H22FN5OS. The minimum absolute atomic E-state index is 0.105. The molecule has 6 nitrogen and oxygen atoms in total. The minimum atomic E-state index is -0.756. The number of benzene rings is 2. The standard InChI is InChI=1S/C23H22FN5OS/c24-19-11-5-4-10-18(19)21-27-28-22(29(21)14-17-8-2-1-3-9-17)31-15-20(30)26-23(16-25)12-6-7-13-23/h1-5,8-11H,6-7,12-15H2,(H,26,30). The lowest BCUT2D eigenvalue weighted by Crippen LogP contribution is -2.45. The molecule has 4 rings (SSSR count). The van der Waals surface area contributed by atoms with E-state index in [1.165, 1.54) is 17.8 Å². The lowest BCUT2D eigenvalue weighted by Gasteiger charge is -2.21. The molecule has 1 heterocycles. The molecule has 1 fully saturated rings. The number of aromatic nitrogens is 3. The molecule has 0 aliphatic heterocycles. The number of carbonyl (C=O) groups is 1. The van der Waals surface area contributed by atoms with Crippen molar-refractivity contribution in [3.8, 4) is 17.5 Å². The van der Waals surface area contributed by atoms with Gasteiger partial charge in [-0.2, -0.15) is 5.26 Å². The molecule has 2 aromatic carbocycles. The van der Waals surface area contributed by atoms with Crippen molar-refractivity contribution in [1.82, 2.24) is 20.1 Å². The number of hydrogen-bond donors (Lipinski definition) is 1. The second-order valence-electron chi connectivity index (χ2n) is 7.60. The fourth-order valence-electron chi connectivity index (χ4n) is 3.82. The number of hydrogen-bond acceptors (Lipinski definition) is 5. The van der Waals surface area contributed by atoms with Crippen LogP contribution in [0.4, 0.5) is 4.39 Å². The van der Waals surface area contributed by atoms with Crippen molar-refractivity contribution in [3.63, 3.8) is 0 Å². The van der Waals surface area contributed by atoms with Crippen molar-refractivity contribution in [3.05, 3.63) is 66.0 Å². The molecule has 1 aliphatic carbocycles. The van der Waals surface area contributed by atoms with Crippen molar-refractivity contribution in [1.29, 1.82) is 5.26 Å². The smallest absolute Gasteiger partial charge is 0.231 e. The second-order valence-corrected chi connectivity index (χ2v) is 8.54. The molecule has 0 spiro atoms. The van der Waals surface area contributed by atoms with Gasteiger partial charge in [0.1, 0.15) is 11.4 Å². The van der Waals surface area contributed by atoms with Crippen LogP contribution in [0.1, 0.15) is 31.2 Å². The third kappa shape index (κ3) is 4.78. The summed E-state index contributed by atoms with van der Waals surface area (Å²) in [4.78, 5) is 12.5. The topological polar surface area (TPSA) is 83.6 Å². The molecule has 31 heavy (non-hydrogen) atoms. The molecule has 1 amide bonds. The molecule has 3 aromatic rings. The molecule has 0 bridgehead atoms. The van der Waals surface area contributed by atoms with E-state index < -0.39 is 5.54 Å². The lowest BCUT2D eigenvalue weighted by molar-refractivity contribution is -0.119. The van der Waals surface area contributed by atoms with Gasteiger partial charge >= 0.3 is 0 Å². The number of halogens is 1. The zero-order valence-electron chi connectivity index (χ0n) is 16.9. The van der Waals surface area contributed by atoms with Crippen molar-refractivity contribution in [2.24, 2.45) is 0 Å². The Labute approximate surface area is 184 Å². The monoisotopic (exact) mass is 435 g/mol. The van der Waals surface area contributed by atoms with Crippen molar-refractivity contribution in [2.45, 2.75) is 42.9 Å². The van der Waals surface area contributed by atoms with Gasteiger partial charge in [-0.3, -0.25) is 9.36 Å². The molecule has 8 heteroatoms. The normalized spacial score (nSPS) is 14.8. The number of nitrogens with one attached hydrogen (secondary N) is 1. The van der Waals surface area contributed by atoms with Crippen molar-refractivity contribution >= 4 is 17.7 Å². The molecule has 1 saturated carbocycles. The first kappa shape index (κ1) is 21.1.